The number of rotatable bonds is 5. The quantitative estimate of drug-likeness (QED) is 0.527. The van der Waals surface area contributed by atoms with Gasteiger partial charge in [0.25, 0.3) is 0 Å². The summed E-state index contributed by atoms with van der Waals surface area (Å²) in [5.41, 5.74) is -5.34. The molecule has 0 aliphatic heterocycles. The molecular formula is C26H34FNO6. The predicted molar refractivity (Wildman–Crippen MR) is 123 cm³/mol. The van der Waals surface area contributed by atoms with Crippen molar-refractivity contribution in [1.29, 1.82) is 0 Å². The Morgan fingerprint density at radius 3 is 2.59 bits per heavy atom. The zero-order chi connectivity index (χ0) is 25.3. The summed E-state index contributed by atoms with van der Waals surface area (Å²) in [4.78, 5) is 38.9. The third-order valence-corrected chi connectivity index (χ3v) is 9.76. The molecule has 8 heteroatoms. The average molecular weight is 476 g/mol. The van der Waals surface area contributed by atoms with Crippen molar-refractivity contribution < 1.29 is 34.1 Å². The van der Waals surface area contributed by atoms with Gasteiger partial charge < -0.3 is 15.3 Å². The average Bonchev–Trinajstić information content (AvgIpc) is 3.00. The van der Waals surface area contributed by atoms with E-state index >= 15 is 4.39 Å². The number of aliphatic hydroxyl groups excluding tert-OH is 2. The summed E-state index contributed by atoms with van der Waals surface area (Å²) >= 11 is 0. The van der Waals surface area contributed by atoms with Gasteiger partial charge in [0.05, 0.1) is 6.10 Å². The molecule has 34 heavy (non-hydrogen) atoms. The van der Waals surface area contributed by atoms with Gasteiger partial charge in [0.15, 0.2) is 17.2 Å². The van der Waals surface area contributed by atoms with E-state index in [1.165, 1.54) is 18.2 Å². The molecule has 8 atom stereocenters. The first-order valence-corrected chi connectivity index (χ1v) is 11.9. The monoisotopic (exact) mass is 475 g/mol. The van der Waals surface area contributed by atoms with E-state index in [4.69, 9.17) is 0 Å². The van der Waals surface area contributed by atoms with Gasteiger partial charge in [0.2, 0.25) is 0 Å². The standard InChI is InChI=1S/C26H34FNO6/c1-5-10-28(22(33)34)26(21(32)14-29)15(2)11-19-18-7-6-16-12-17(30)8-9-23(16,3)25(18,27)20(31)13-24(19,26)4/h5,8-9,12,15,18-20,29,31H,1,6-7,10-11,13-14H2,2-4H3,(H,33,34)/t15-,18?,19?,20-,23-,24-,25?,26+/m0/s1. The fourth-order valence-electron chi connectivity index (χ4n) is 8.49. The number of nitrogens with zero attached hydrogens (tertiary/aromatic N) is 1. The van der Waals surface area contributed by atoms with Gasteiger partial charge in [-0.15, -0.1) is 6.58 Å². The third kappa shape index (κ3) is 2.72. The van der Waals surface area contributed by atoms with E-state index in [0.717, 1.165) is 4.90 Å². The summed E-state index contributed by atoms with van der Waals surface area (Å²) in [5, 5.41) is 31.6. The number of ketones is 2. The van der Waals surface area contributed by atoms with Gasteiger partial charge in [-0.05, 0) is 56.6 Å². The highest BCUT2D eigenvalue weighted by Crippen LogP contribution is 2.71. The van der Waals surface area contributed by atoms with Crippen LogP contribution in [0.3, 0.4) is 0 Å². The minimum atomic E-state index is -2.08. The van der Waals surface area contributed by atoms with Crippen LogP contribution >= 0.6 is 0 Å². The number of carboxylic acid groups (broad SMARTS) is 1. The van der Waals surface area contributed by atoms with Crippen LogP contribution < -0.4 is 0 Å². The van der Waals surface area contributed by atoms with Crippen LogP contribution in [0.15, 0.2) is 36.5 Å². The lowest BCUT2D eigenvalue weighted by molar-refractivity contribution is -0.207. The molecule has 3 N–H and O–H groups in total. The molecule has 0 aromatic carbocycles. The van der Waals surface area contributed by atoms with Crippen molar-refractivity contribution >= 4 is 17.7 Å². The summed E-state index contributed by atoms with van der Waals surface area (Å²) in [6.45, 7) is 7.91. The van der Waals surface area contributed by atoms with Gasteiger partial charge >= 0.3 is 6.09 Å². The number of carbonyl (C=O) groups excluding carboxylic acids is 2. The second-order valence-electron chi connectivity index (χ2n) is 10.9. The third-order valence-electron chi connectivity index (χ3n) is 9.76. The smallest absolute Gasteiger partial charge is 0.408 e. The molecule has 0 spiro atoms. The highest BCUT2D eigenvalue weighted by Gasteiger charge is 2.77. The first kappa shape index (κ1) is 24.8. The number of Topliss-reactive ketones (excluding diaryl/α,β-unsaturated/α-hetero) is 1. The van der Waals surface area contributed by atoms with Crippen LogP contribution in [0.2, 0.25) is 0 Å². The molecule has 186 valence electrons. The lowest BCUT2D eigenvalue weighted by Crippen LogP contribution is -2.73. The van der Waals surface area contributed by atoms with E-state index in [2.05, 4.69) is 6.58 Å². The normalized spacial score (nSPS) is 45.0. The van der Waals surface area contributed by atoms with Crippen LogP contribution in [0.1, 0.15) is 46.5 Å². The molecule has 0 bridgehead atoms. The first-order chi connectivity index (χ1) is 15.9. The molecular weight excluding hydrogens is 441 g/mol. The molecule has 0 heterocycles. The van der Waals surface area contributed by atoms with Gasteiger partial charge in [-0.25, -0.2) is 9.18 Å². The Balaban J connectivity index is 1.91. The van der Waals surface area contributed by atoms with Gasteiger partial charge in [-0.3, -0.25) is 14.5 Å². The van der Waals surface area contributed by atoms with Crippen molar-refractivity contribution in [2.45, 2.75) is 63.8 Å². The summed E-state index contributed by atoms with van der Waals surface area (Å²) in [6, 6.07) is 0. The maximum absolute atomic E-state index is 17.3. The lowest BCUT2D eigenvalue weighted by atomic mass is 9.44. The minimum absolute atomic E-state index is 0.134. The fourth-order valence-corrected chi connectivity index (χ4v) is 8.49. The zero-order valence-corrected chi connectivity index (χ0v) is 20.0. The Hall–Kier alpha value is -2.32. The Bertz CT molecular complexity index is 1010. The van der Waals surface area contributed by atoms with Gasteiger partial charge in [-0.2, -0.15) is 0 Å². The van der Waals surface area contributed by atoms with E-state index in [9.17, 15) is 29.7 Å². The predicted octanol–water partition coefficient (Wildman–Crippen LogP) is 3.07. The fraction of sp³-hybridized carbons (Fsp3) is 0.654. The maximum Gasteiger partial charge on any atom is 0.408 e. The van der Waals surface area contributed by atoms with Crippen LogP contribution in [0.5, 0.6) is 0 Å². The number of amides is 1. The Morgan fingerprint density at radius 2 is 2.00 bits per heavy atom. The molecule has 0 aromatic heterocycles. The van der Waals surface area contributed by atoms with Gasteiger partial charge in [-0.1, -0.05) is 31.6 Å². The minimum Gasteiger partial charge on any atom is -0.465 e. The molecule has 0 radical (unpaired) electrons. The Labute approximate surface area is 199 Å². The number of halogens is 1. The summed E-state index contributed by atoms with van der Waals surface area (Å²) in [5.74, 6) is -2.42. The number of alkyl halides is 1. The van der Waals surface area contributed by atoms with Crippen LogP contribution in [0.4, 0.5) is 9.18 Å². The van der Waals surface area contributed by atoms with Crippen LogP contribution in [-0.4, -0.2) is 68.3 Å². The van der Waals surface area contributed by atoms with E-state index in [0.29, 0.717) is 24.8 Å². The van der Waals surface area contributed by atoms with Crippen molar-refractivity contribution in [2.75, 3.05) is 13.2 Å². The summed E-state index contributed by atoms with van der Waals surface area (Å²) < 4.78 is 17.3. The number of hydrogen-bond acceptors (Lipinski definition) is 5. The topological polar surface area (TPSA) is 115 Å². The molecule has 3 saturated carbocycles. The van der Waals surface area contributed by atoms with Crippen molar-refractivity contribution in [1.82, 2.24) is 4.90 Å². The van der Waals surface area contributed by atoms with Crippen molar-refractivity contribution in [3.05, 3.63) is 36.5 Å². The number of hydrogen-bond donors (Lipinski definition) is 3. The van der Waals surface area contributed by atoms with E-state index in [-0.39, 0.29) is 18.7 Å². The van der Waals surface area contributed by atoms with Crippen molar-refractivity contribution in [3.8, 4) is 0 Å². The highest BCUT2D eigenvalue weighted by molar-refractivity contribution is 6.01. The Kier molecular flexibility index (Phi) is 5.72. The number of allylic oxidation sites excluding steroid dienone is 4. The number of aliphatic hydroxyl groups is 2. The van der Waals surface area contributed by atoms with E-state index in [1.807, 2.05) is 0 Å². The molecule has 3 fully saturated rings. The molecule has 0 aromatic rings. The summed E-state index contributed by atoms with van der Waals surface area (Å²) in [7, 11) is 0. The highest BCUT2D eigenvalue weighted by atomic mass is 19.1. The number of fused-ring (bicyclic) bond motifs is 5. The van der Waals surface area contributed by atoms with E-state index in [1.54, 1.807) is 26.8 Å². The maximum atomic E-state index is 17.3. The zero-order valence-electron chi connectivity index (χ0n) is 20.0. The largest absolute Gasteiger partial charge is 0.465 e. The lowest BCUT2D eigenvalue weighted by Gasteiger charge is -2.64. The van der Waals surface area contributed by atoms with Crippen molar-refractivity contribution in [2.24, 2.45) is 28.6 Å². The molecule has 0 saturated heterocycles. The van der Waals surface area contributed by atoms with Crippen molar-refractivity contribution in [3.63, 3.8) is 0 Å². The molecule has 4 rings (SSSR count). The van der Waals surface area contributed by atoms with Gasteiger partial charge in [0.1, 0.15) is 12.1 Å². The van der Waals surface area contributed by atoms with Crippen LogP contribution in [0.25, 0.3) is 0 Å². The summed E-state index contributed by atoms with van der Waals surface area (Å²) in [6.07, 6.45) is 4.04. The molecule has 4 aliphatic carbocycles. The molecule has 4 aliphatic rings. The van der Waals surface area contributed by atoms with Crippen LogP contribution in [0, 0.1) is 28.6 Å². The molecule has 7 nitrogen and oxygen atoms in total. The second-order valence-corrected chi connectivity index (χ2v) is 10.9. The van der Waals surface area contributed by atoms with E-state index < -0.39 is 64.4 Å². The molecule has 1 amide bonds. The first-order valence-electron chi connectivity index (χ1n) is 11.9. The van der Waals surface area contributed by atoms with Crippen LogP contribution in [-0.2, 0) is 9.59 Å². The second kappa shape index (κ2) is 7.85. The van der Waals surface area contributed by atoms with Gasteiger partial charge in [0, 0.05) is 23.3 Å². The SMILES string of the molecule is C=CCN(C(=O)O)[C@@]1(C(=O)CO)[C@@H](C)CC2C3CCC4=CC(=O)C=C[C@]4(C)C3(F)[C@@H](O)C[C@@]21C. The number of carbonyl (C=O) groups is 3. The Morgan fingerprint density at radius 1 is 1.32 bits per heavy atom. The molecule has 3 unspecified atom stereocenters.